The number of rotatable bonds is 2. The van der Waals surface area contributed by atoms with E-state index in [9.17, 15) is 14.7 Å². The van der Waals surface area contributed by atoms with Crippen LogP contribution in [0.4, 0.5) is 0 Å². The van der Waals surface area contributed by atoms with Crippen LogP contribution in [0.3, 0.4) is 0 Å². The average molecular weight is 283 g/mol. The molecule has 5 heteroatoms. The third-order valence-electron chi connectivity index (χ3n) is 2.66. The van der Waals surface area contributed by atoms with E-state index in [1.165, 1.54) is 6.08 Å². The van der Waals surface area contributed by atoms with Crippen LogP contribution in [-0.2, 0) is 4.79 Å². The first-order valence-electron chi connectivity index (χ1n) is 5.14. The number of ketones is 2. The molecule has 0 heterocycles. The van der Waals surface area contributed by atoms with Gasteiger partial charge in [-0.3, -0.25) is 9.59 Å². The van der Waals surface area contributed by atoms with Crippen molar-refractivity contribution in [1.29, 1.82) is 0 Å². The fourth-order valence-electron chi connectivity index (χ4n) is 1.82. The van der Waals surface area contributed by atoms with Crippen LogP contribution in [0.25, 0.3) is 5.57 Å². The highest BCUT2D eigenvalue weighted by atomic mass is 35.5. The van der Waals surface area contributed by atoms with Crippen LogP contribution in [0.15, 0.2) is 40.6 Å². The number of hydrogen-bond acceptors (Lipinski definition) is 3. The Kier molecular flexibility index (Phi) is 3.55. The summed E-state index contributed by atoms with van der Waals surface area (Å²) in [4.78, 5) is 23.3. The van der Waals surface area contributed by atoms with Crippen molar-refractivity contribution in [2.45, 2.75) is 6.42 Å². The zero-order chi connectivity index (χ0) is 13.3. The van der Waals surface area contributed by atoms with Gasteiger partial charge in [0.15, 0.2) is 5.76 Å². The summed E-state index contributed by atoms with van der Waals surface area (Å²) in [6, 6.07) is 6.60. The summed E-state index contributed by atoms with van der Waals surface area (Å²) in [6.45, 7) is 0. The summed E-state index contributed by atoms with van der Waals surface area (Å²) < 4.78 is 0.0390. The van der Waals surface area contributed by atoms with Crippen LogP contribution in [0.1, 0.15) is 22.3 Å². The second-order valence-electron chi connectivity index (χ2n) is 3.73. The predicted molar refractivity (Wildman–Crippen MR) is 69.7 cm³/mol. The molecule has 0 aliphatic heterocycles. The van der Waals surface area contributed by atoms with Crippen LogP contribution < -0.4 is 0 Å². The molecule has 92 valence electrons. The van der Waals surface area contributed by atoms with E-state index in [0.29, 0.717) is 11.1 Å². The number of Topliss-reactive ketones (excluding diaryl/α,β-unsaturated/α-hetero) is 2. The van der Waals surface area contributed by atoms with Gasteiger partial charge in [0.1, 0.15) is 4.49 Å². The molecule has 18 heavy (non-hydrogen) atoms. The molecule has 0 saturated heterocycles. The summed E-state index contributed by atoms with van der Waals surface area (Å²) in [5.41, 5.74) is 1.17. The standard InChI is InChI=1S/C13H8Cl2O3/c14-10(15)6-5-9-7-3-1-2-4-8(7)11(16)13(18)12(9)17/h1-4,6,17H,5H2. The maximum atomic E-state index is 11.7. The third-order valence-corrected chi connectivity index (χ3v) is 2.97. The number of carbonyl (C=O) groups is 2. The van der Waals surface area contributed by atoms with Gasteiger partial charge in [0.05, 0.1) is 0 Å². The minimum absolute atomic E-state index is 0.0390. The molecule has 1 aliphatic rings. The van der Waals surface area contributed by atoms with Crippen LogP contribution in [-0.4, -0.2) is 16.7 Å². The lowest BCUT2D eigenvalue weighted by Crippen LogP contribution is -2.23. The third kappa shape index (κ3) is 2.19. The smallest absolute Gasteiger partial charge is 0.268 e. The van der Waals surface area contributed by atoms with E-state index in [0.717, 1.165) is 0 Å². The molecule has 3 nitrogen and oxygen atoms in total. The lowest BCUT2D eigenvalue weighted by Gasteiger charge is -2.17. The molecular weight excluding hydrogens is 275 g/mol. The van der Waals surface area contributed by atoms with Crippen molar-refractivity contribution in [1.82, 2.24) is 0 Å². The Morgan fingerprint density at radius 3 is 2.33 bits per heavy atom. The molecule has 1 N–H and O–H groups in total. The normalized spacial score (nSPS) is 14.6. The van der Waals surface area contributed by atoms with Crippen molar-refractivity contribution in [3.63, 3.8) is 0 Å². The number of aliphatic hydroxyl groups is 1. The Morgan fingerprint density at radius 1 is 1.11 bits per heavy atom. The van der Waals surface area contributed by atoms with Gasteiger partial charge in [-0.25, -0.2) is 0 Å². The number of carbonyl (C=O) groups excluding carboxylic acids is 2. The number of hydrogen-bond donors (Lipinski definition) is 1. The molecule has 0 aromatic heterocycles. The minimum Gasteiger partial charge on any atom is -0.504 e. The molecule has 0 bridgehead atoms. The maximum Gasteiger partial charge on any atom is 0.268 e. The van der Waals surface area contributed by atoms with Crippen molar-refractivity contribution in [2.75, 3.05) is 0 Å². The zero-order valence-corrected chi connectivity index (χ0v) is 10.6. The molecule has 0 unspecified atom stereocenters. The lowest BCUT2D eigenvalue weighted by atomic mass is 9.86. The topological polar surface area (TPSA) is 54.4 Å². The average Bonchev–Trinajstić information content (AvgIpc) is 2.36. The first kappa shape index (κ1) is 12.9. The van der Waals surface area contributed by atoms with Gasteiger partial charge in [-0.2, -0.15) is 0 Å². The van der Waals surface area contributed by atoms with Gasteiger partial charge >= 0.3 is 0 Å². The van der Waals surface area contributed by atoms with E-state index < -0.39 is 17.3 Å². The monoisotopic (exact) mass is 282 g/mol. The Hall–Kier alpha value is -1.58. The Labute approximate surface area is 113 Å². The fourth-order valence-corrected chi connectivity index (χ4v) is 1.98. The SMILES string of the molecule is O=C1C(=O)c2ccccc2C(CC=C(Cl)Cl)=C1O. The van der Waals surface area contributed by atoms with Crippen molar-refractivity contribution in [3.8, 4) is 0 Å². The lowest BCUT2D eigenvalue weighted by molar-refractivity contribution is -0.114. The van der Waals surface area contributed by atoms with E-state index >= 15 is 0 Å². The molecule has 0 atom stereocenters. The Bertz CT molecular complexity index is 596. The number of fused-ring (bicyclic) bond motifs is 1. The van der Waals surface area contributed by atoms with E-state index in [1.807, 2.05) is 0 Å². The summed E-state index contributed by atoms with van der Waals surface area (Å²) in [6.07, 6.45) is 1.64. The molecule has 0 spiro atoms. The largest absolute Gasteiger partial charge is 0.504 e. The van der Waals surface area contributed by atoms with Crippen LogP contribution >= 0.6 is 23.2 Å². The van der Waals surface area contributed by atoms with Gasteiger partial charge in [-0.15, -0.1) is 0 Å². The van der Waals surface area contributed by atoms with Crippen LogP contribution in [0.5, 0.6) is 0 Å². The van der Waals surface area contributed by atoms with E-state index in [4.69, 9.17) is 23.2 Å². The minimum atomic E-state index is -0.900. The van der Waals surface area contributed by atoms with Crippen molar-refractivity contribution in [3.05, 3.63) is 51.7 Å². The Balaban J connectivity index is 2.58. The second-order valence-corrected chi connectivity index (χ2v) is 4.74. The van der Waals surface area contributed by atoms with Crippen molar-refractivity contribution < 1.29 is 14.7 Å². The Morgan fingerprint density at radius 2 is 1.72 bits per heavy atom. The summed E-state index contributed by atoms with van der Waals surface area (Å²) in [5.74, 6) is -2.14. The number of halogens is 2. The quantitative estimate of drug-likeness (QED) is 0.846. The van der Waals surface area contributed by atoms with Gasteiger partial charge in [0, 0.05) is 11.1 Å². The van der Waals surface area contributed by atoms with E-state index in [1.54, 1.807) is 24.3 Å². The molecule has 0 amide bonds. The second kappa shape index (κ2) is 4.96. The highest BCUT2D eigenvalue weighted by Gasteiger charge is 2.31. The number of allylic oxidation sites excluding steroid dienone is 3. The molecule has 1 aliphatic carbocycles. The summed E-state index contributed by atoms with van der Waals surface area (Å²) >= 11 is 11.0. The molecule has 0 fully saturated rings. The summed E-state index contributed by atoms with van der Waals surface area (Å²) in [7, 11) is 0. The maximum absolute atomic E-state index is 11.7. The summed E-state index contributed by atoms with van der Waals surface area (Å²) in [5, 5.41) is 9.76. The first-order valence-corrected chi connectivity index (χ1v) is 5.89. The molecule has 1 aromatic carbocycles. The molecule has 1 aromatic rings. The number of aliphatic hydroxyl groups excluding tert-OH is 1. The first-order chi connectivity index (χ1) is 8.52. The van der Waals surface area contributed by atoms with Crippen LogP contribution in [0, 0.1) is 0 Å². The van der Waals surface area contributed by atoms with Gasteiger partial charge in [0.25, 0.3) is 5.78 Å². The zero-order valence-electron chi connectivity index (χ0n) is 9.11. The van der Waals surface area contributed by atoms with Gasteiger partial charge < -0.3 is 5.11 Å². The van der Waals surface area contributed by atoms with Gasteiger partial charge in [0.2, 0.25) is 5.78 Å². The fraction of sp³-hybridized carbons (Fsp3) is 0.0769. The highest BCUT2D eigenvalue weighted by Crippen LogP contribution is 2.31. The van der Waals surface area contributed by atoms with E-state index in [2.05, 4.69) is 0 Å². The molecular formula is C13H8Cl2O3. The molecule has 0 radical (unpaired) electrons. The molecule has 2 rings (SSSR count). The number of benzene rings is 1. The van der Waals surface area contributed by atoms with E-state index in [-0.39, 0.29) is 16.5 Å². The van der Waals surface area contributed by atoms with Crippen LogP contribution in [0.2, 0.25) is 0 Å². The van der Waals surface area contributed by atoms with Gasteiger partial charge in [-0.05, 0) is 18.1 Å². The van der Waals surface area contributed by atoms with Crippen molar-refractivity contribution >= 4 is 40.3 Å². The molecule has 0 saturated carbocycles. The predicted octanol–water partition coefficient (Wildman–Crippen LogP) is 3.43. The highest BCUT2D eigenvalue weighted by molar-refractivity contribution is 6.56. The van der Waals surface area contributed by atoms with Crippen molar-refractivity contribution in [2.24, 2.45) is 0 Å². The van der Waals surface area contributed by atoms with Gasteiger partial charge in [-0.1, -0.05) is 47.5 Å².